The molecule has 3 aromatic heterocycles. The van der Waals surface area contributed by atoms with Crippen LogP contribution in [0.25, 0.3) is 94.7 Å². The molecule has 7 aromatic carbocycles. The number of aromatic nitrogens is 4. The van der Waals surface area contributed by atoms with Gasteiger partial charge in [-0.2, -0.15) is 0 Å². The van der Waals surface area contributed by atoms with Gasteiger partial charge in [-0.15, -0.1) is 0 Å². The second-order valence-electron chi connectivity index (χ2n) is 12.5. The molecule has 0 atom stereocenters. The van der Waals surface area contributed by atoms with E-state index in [-0.39, 0.29) is 0 Å². The third-order valence-corrected chi connectivity index (χ3v) is 9.45. The highest BCUT2D eigenvalue weighted by molar-refractivity contribution is 6.13. The monoisotopic (exact) mass is 640 g/mol. The standard InChI is InChI=1S/C45H28N4O/c1-3-13-29(14-4-1)31-17-11-18-32(27-31)44-46-43(30-15-5-2-6-16-30)47-45(48-44)33-25-26-41-37(28-33)36-21-12-24-40(42(36)50-41)49-38-22-9-7-19-34(38)35-20-8-10-23-39(35)49/h1-28H. The number of para-hydroxylation sites is 3. The van der Waals surface area contributed by atoms with E-state index < -0.39 is 0 Å². The minimum atomic E-state index is 0.605. The van der Waals surface area contributed by atoms with Crippen LogP contribution in [-0.2, 0) is 0 Å². The Balaban J connectivity index is 1.15. The normalized spacial score (nSPS) is 11.6. The highest BCUT2D eigenvalue weighted by Gasteiger charge is 2.19. The SMILES string of the molecule is c1ccc(-c2cccc(-c3nc(-c4ccccc4)nc(-c4ccc5oc6c(-n7c8ccccc8c8ccccc87)cccc6c5c4)n3)c2)cc1. The summed E-state index contributed by atoms with van der Waals surface area (Å²) in [5, 5.41) is 4.48. The largest absolute Gasteiger partial charge is 0.454 e. The summed E-state index contributed by atoms with van der Waals surface area (Å²) < 4.78 is 8.97. The van der Waals surface area contributed by atoms with Crippen molar-refractivity contribution in [1.29, 1.82) is 0 Å². The second kappa shape index (κ2) is 11.4. The molecule has 0 aliphatic heterocycles. The highest BCUT2D eigenvalue weighted by atomic mass is 16.3. The van der Waals surface area contributed by atoms with Crippen LogP contribution in [-0.4, -0.2) is 19.5 Å². The van der Waals surface area contributed by atoms with Crippen LogP contribution in [0, 0.1) is 0 Å². The number of hydrogen-bond donors (Lipinski definition) is 0. The van der Waals surface area contributed by atoms with Crippen molar-refractivity contribution in [2.45, 2.75) is 0 Å². The summed E-state index contributed by atoms with van der Waals surface area (Å²) in [5.41, 5.74) is 9.94. The number of benzene rings is 7. The Morgan fingerprint density at radius 1 is 0.360 bits per heavy atom. The maximum absolute atomic E-state index is 6.66. The Hall–Kier alpha value is -6.85. The molecule has 50 heavy (non-hydrogen) atoms. The summed E-state index contributed by atoms with van der Waals surface area (Å²) in [7, 11) is 0. The molecule has 0 spiro atoms. The molecule has 5 heteroatoms. The first-order valence-electron chi connectivity index (χ1n) is 16.7. The summed E-state index contributed by atoms with van der Waals surface area (Å²) in [4.78, 5) is 15.1. The molecular weight excluding hydrogens is 613 g/mol. The number of rotatable bonds is 5. The van der Waals surface area contributed by atoms with Crippen molar-refractivity contribution in [3.8, 4) is 51.0 Å². The molecule has 10 rings (SSSR count). The predicted octanol–water partition coefficient (Wildman–Crippen LogP) is 11.5. The van der Waals surface area contributed by atoms with E-state index in [0.29, 0.717) is 17.5 Å². The fraction of sp³-hybridized carbons (Fsp3) is 0. The zero-order chi connectivity index (χ0) is 33.0. The smallest absolute Gasteiger partial charge is 0.164 e. The summed E-state index contributed by atoms with van der Waals surface area (Å²) >= 11 is 0. The number of fused-ring (bicyclic) bond motifs is 6. The van der Waals surface area contributed by atoms with Crippen molar-refractivity contribution in [3.63, 3.8) is 0 Å². The first kappa shape index (κ1) is 28.2. The average molecular weight is 641 g/mol. The highest BCUT2D eigenvalue weighted by Crippen LogP contribution is 2.39. The number of furan rings is 1. The average Bonchev–Trinajstić information content (AvgIpc) is 3.74. The van der Waals surface area contributed by atoms with Gasteiger partial charge in [-0.25, -0.2) is 15.0 Å². The second-order valence-corrected chi connectivity index (χ2v) is 12.5. The topological polar surface area (TPSA) is 56.7 Å². The van der Waals surface area contributed by atoms with Crippen molar-refractivity contribution in [2.75, 3.05) is 0 Å². The van der Waals surface area contributed by atoms with Gasteiger partial charge >= 0.3 is 0 Å². The lowest BCUT2D eigenvalue weighted by molar-refractivity contribution is 0.666. The van der Waals surface area contributed by atoms with E-state index in [2.05, 4.69) is 126 Å². The zero-order valence-electron chi connectivity index (χ0n) is 26.9. The van der Waals surface area contributed by atoms with E-state index in [9.17, 15) is 0 Å². The minimum absolute atomic E-state index is 0.605. The molecule has 5 nitrogen and oxygen atoms in total. The van der Waals surface area contributed by atoms with Gasteiger partial charge in [0.15, 0.2) is 23.1 Å². The van der Waals surface area contributed by atoms with Crippen LogP contribution in [0.2, 0.25) is 0 Å². The van der Waals surface area contributed by atoms with E-state index in [1.165, 1.54) is 10.8 Å². The quantitative estimate of drug-likeness (QED) is 0.188. The Kier molecular flexibility index (Phi) is 6.42. The molecule has 0 N–H and O–H groups in total. The van der Waals surface area contributed by atoms with Gasteiger partial charge in [0.25, 0.3) is 0 Å². The van der Waals surface area contributed by atoms with Crippen molar-refractivity contribution < 1.29 is 4.42 Å². The lowest BCUT2D eigenvalue weighted by atomic mass is 10.0. The van der Waals surface area contributed by atoms with Crippen LogP contribution < -0.4 is 0 Å². The van der Waals surface area contributed by atoms with Crippen molar-refractivity contribution >= 4 is 43.7 Å². The lowest BCUT2D eigenvalue weighted by Gasteiger charge is -2.10. The summed E-state index contributed by atoms with van der Waals surface area (Å²) in [6, 6.07) is 58.5. The van der Waals surface area contributed by atoms with Gasteiger partial charge in [-0.3, -0.25) is 0 Å². The third kappa shape index (κ3) is 4.60. The fourth-order valence-electron chi connectivity index (χ4n) is 7.10. The molecule has 0 aliphatic rings. The van der Waals surface area contributed by atoms with E-state index in [1.54, 1.807) is 0 Å². The molecule has 3 heterocycles. The summed E-state index contributed by atoms with van der Waals surface area (Å²) in [5.74, 6) is 1.85. The van der Waals surface area contributed by atoms with E-state index in [4.69, 9.17) is 19.4 Å². The van der Waals surface area contributed by atoms with Crippen LogP contribution >= 0.6 is 0 Å². The predicted molar refractivity (Wildman–Crippen MR) is 203 cm³/mol. The fourth-order valence-corrected chi connectivity index (χ4v) is 7.10. The molecule has 0 saturated heterocycles. The van der Waals surface area contributed by atoms with Crippen LogP contribution in [0.1, 0.15) is 0 Å². The molecule has 0 radical (unpaired) electrons. The van der Waals surface area contributed by atoms with Crippen LogP contribution in [0.15, 0.2) is 174 Å². The first-order valence-corrected chi connectivity index (χ1v) is 16.7. The molecule has 0 bridgehead atoms. The van der Waals surface area contributed by atoms with E-state index in [0.717, 1.165) is 66.5 Å². The molecule has 0 fully saturated rings. The number of nitrogens with zero attached hydrogens (tertiary/aromatic N) is 4. The van der Waals surface area contributed by atoms with Gasteiger partial charge < -0.3 is 8.98 Å². The minimum Gasteiger partial charge on any atom is -0.454 e. The lowest BCUT2D eigenvalue weighted by Crippen LogP contribution is -2.00. The summed E-state index contributed by atoms with van der Waals surface area (Å²) in [6.45, 7) is 0. The first-order chi connectivity index (χ1) is 24.8. The van der Waals surface area contributed by atoms with Gasteiger partial charge in [-0.1, -0.05) is 127 Å². The van der Waals surface area contributed by atoms with Crippen LogP contribution in [0.4, 0.5) is 0 Å². The molecule has 0 aliphatic carbocycles. The van der Waals surface area contributed by atoms with E-state index >= 15 is 0 Å². The Labute approximate surface area is 287 Å². The van der Waals surface area contributed by atoms with Crippen LogP contribution in [0.5, 0.6) is 0 Å². The molecule has 0 unspecified atom stereocenters. The zero-order valence-corrected chi connectivity index (χ0v) is 26.9. The van der Waals surface area contributed by atoms with Gasteiger partial charge in [-0.05, 0) is 53.6 Å². The molecule has 0 amide bonds. The molecular formula is C45H28N4O. The van der Waals surface area contributed by atoms with Crippen molar-refractivity contribution in [2.24, 2.45) is 0 Å². The van der Waals surface area contributed by atoms with Gasteiger partial charge in [0, 0.05) is 38.2 Å². The van der Waals surface area contributed by atoms with Gasteiger partial charge in [0.05, 0.1) is 16.7 Å². The van der Waals surface area contributed by atoms with Gasteiger partial charge in [0.2, 0.25) is 0 Å². The molecule has 10 aromatic rings. The van der Waals surface area contributed by atoms with E-state index in [1.807, 2.05) is 48.5 Å². The number of hydrogen-bond acceptors (Lipinski definition) is 4. The Morgan fingerprint density at radius 3 is 1.58 bits per heavy atom. The maximum atomic E-state index is 6.66. The summed E-state index contributed by atoms with van der Waals surface area (Å²) in [6.07, 6.45) is 0. The third-order valence-electron chi connectivity index (χ3n) is 9.45. The van der Waals surface area contributed by atoms with Crippen molar-refractivity contribution in [3.05, 3.63) is 170 Å². The Morgan fingerprint density at radius 2 is 0.880 bits per heavy atom. The maximum Gasteiger partial charge on any atom is 0.164 e. The molecule has 0 saturated carbocycles. The van der Waals surface area contributed by atoms with Crippen molar-refractivity contribution in [1.82, 2.24) is 19.5 Å². The molecule has 234 valence electrons. The Bertz CT molecular complexity index is 2820. The van der Waals surface area contributed by atoms with Crippen LogP contribution in [0.3, 0.4) is 0 Å². The van der Waals surface area contributed by atoms with Gasteiger partial charge in [0.1, 0.15) is 5.58 Å².